The number of aliphatic hydroxyl groups excluding tert-OH is 1. The first-order valence-electron chi connectivity index (χ1n) is 7.40. The SMILES string of the molecule is [C-]#[N+]c1cccc(C(=O)c2ccncc2C(O)c2ccccc2)c1. The molecule has 2 aromatic carbocycles. The monoisotopic (exact) mass is 314 g/mol. The van der Waals surface area contributed by atoms with E-state index in [0.29, 0.717) is 27.9 Å². The Balaban J connectivity index is 2.03. The number of carbonyl (C=O) groups is 1. The van der Waals surface area contributed by atoms with Crippen molar-refractivity contribution in [3.05, 3.63) is 107 Å². The minimum absolute atomic E-state index is 0.243. The largest absolute Gasteiger partial charge is 0.384 e. The van der Waals surface area contributed by atoms with Gasteiger partial charge >= 0.3 is 0 Å². The molecular weight excluding hydrogens is 300 g/mol. The van der Waals surface area contributed by atoms with Crippen LogP contribution in [0.1, 0.15) is 33.2 Å². The highest BCUT2D eigenvalue weighted by Gasteiger charge is 2.20. The Morgan fingerprint density at radius 1 is 1.08 bits per heavy atom. The molecule has 4 heteroatoms. The smallest absolute Gasteiger partial charge is 0.192 e. The lowest BCUT2D eigenvalue weighted by molar-refractivity contribution is 0.103. The fourth-order valence-electron chi connectivity index (χ4n) is 2.52. The zero-order valence-corrected chi connectivity index (χ0v) is 12.8. The van der Waals surface area contributed by atoms with E-state index in [1.165, 1.54) is 12.4 Å². The summed E-state index contributed by atoms with van der Waals surface area (Å²) in [6.45, 7) is 7.07. The molecule has 0 saturated carbocycles. The summed E-state index contributed by atoms with van der Waals surface area (Å²) >= 11 is 0. The summed E-state index contributed by atoms with van der Waals surface area (Å²) in [4.78, 5) is 20.2. The van der Waals surface area contributed by atoms with E-state index in [-0.39, 0.29) is 5.78 Å². The molecular formula is C20H14N2O2. The van der Waals surface area contributed by atoms with E-state index in [1.54, 1.807) is 42.5 Å². The van der Waals surface area contributed by atoms with Crippen LogP contribution in [0.3, 0.4) is 0 Å². The van der Waals surface area contributed by atoms with E-state index >= 15 is 0 Å². The van der Waals surface area contributed by atoms with Crippen LogP contribution in [0.4, 0.5) is 5.69 Å². The number of aliphatic hydroxyl groups is 1. The molecule has 0 radical (unpaired) electrons. The molecule has 0 bridgehead atoms. The molecule has 0 amide bonds. The zero-order chi connectivity index (χ0) is 16.9. The Bertz CT molecular complexity index is 914. The van der Waals surface area contributed by atoms with Gasteiger partial charge in [-0.25, -0.2) is 4.85 Å². The quantitative estimate of drug-likeness (QED) is 0.586. The van der Waals surface area contributed by atoms with E-state index in [0.717, 1.165) is 0 Å². The van der Waals surface area contributed by atoms with Gasteiger partial charge in [0.15, 0.2) is 11.5 Å². The fraction of sp³-hybridized carbons (Fsp3) is 0.0500. The molecule has 0 saturated heterocycles. The van der Waals surface area contributed by atoms with Gasteiger partial charge in [-0.15, -0.1) is 0 Å². The van der Waals surface area contributed by atoms with Crippen LogP contribution in [0, 0.1) is 6.57 Å². The summed E-state index contributed by atoms with van der Waals surface area (Å²) in [6.07, 6.45) is 2.08. The normalized spacial score (nSPS) is 11.5. The van der Waals surface area contributed by atoms with Crippen LogP contribution in [-0.4, -0.2) is 15.9 Å². The molecule has 4 nitrogen and oxygen atoms in total. The molecule has 0 aliphatic rings. The first-order valence-corrected chi connectivity index (χ1v) is 7.40. The Morgan fingerprint density at radius 3 is 2.62 bits per heavy atom. The van der Waals surface area contributed by atoms with E-state index in [9.17, 15) is 9.90 Å². The van der Waals surface area contributed by atoms with Gasteiger partial charge in [-0.2, -0.15) is 0 Å². The molecule has 1 N–H and O–H groups in total. The predicted octanol–water partition coefficient (Wildman–Crippen LogP) is 3.95. The van der Waals surface area contributed by atoms with Crippen molar-refractivity contribution in [1.29, 1.82) is 0 Å². The van der Waals surface area contributed by atoms with Gasteiger partial charge in [0.05, 0.1) is 6.57 Å². The number of hydrogen-bond acceptors (Lipinski definition) is 3. The molecule has 0 fully saturated rings. The Morgan fingerprint density at radius 2 is 1.88 bits per heavy atom. The van der Waals surface area contributed by atoms with Crippen LogP contribution in [0.25, 0.3) is 4.85 Å². The third kappa shape index (κ3) is 3.07. The van der Waals surface area contributed by atoms with Crippen molar-refractivity contribution in [2.75, 3.05) is 0 Å². The van der Waals surface area contributed by atoms with Crippen LogP contribution in [-0.2, 0) is 0 Å². The van der Waals surface area contributed by atoms with Crippen molar-refractivity contribution in [2.24, 2.45) is 0 Å². The molecule has 1 unspecified atom stereocenters. The van der Waals surface area contributed by atoms with Crippen molar-refractivity contribution in [3.63, 3.8) is 0 Å². The molecule has 0 aliphatic carbocycles. The van der Waals surface area contributed by atoms with Gasteiger partial charge < -0.3 is 5.11 Å². The molecule has 1 atom stereocenters. The average molecular weight is 314 g/mol. The summed E-state index contributed by atoms with van der Waals surface area (Å²) in [5.41, 5.74) is 2.33. The van der Waals surface area contributed by atoms with E-state index < -0.39 is 6.10 Å². The highest BCUT2D eigenvalue weighted by Crippen LogP contribution is 2.26. The maximum absolute atomic E-state index is 12.8. The number of hydrogen-bond donors (Lipinski definition) is 1. The number of ketones is 1. The Labute approximate surface area is 139 Å². The summed E-state index contributed by atoms with van der Waals surface area (Å²) in [5.74, 6) is -0.243. The summed E-state index contributed by atoms with van der Waals surface area (Å²) in [5, 5.41) is 10.6. The van der Waals surface area contributed by atoms with Gasteiger partial charge in [0.25, 0.3) is 0 Å². The second kappa shape index (κ2) is 6.86. The number of carbonyl (C=O) groups excluding carboxylic acids is 1. The van der Waals surface area contributed by atoms with Crippen LogP contribution >= 0.6 is 0 Å². The van der Waals surface area contributed by atoms with Crippen molar-refractivity contribution >= 4 is 11.5 Å². The van der Waals surface area contributed by atoms with Crippen molar-refractivity contribution < 1.29 is 9.90 Å². The first-order chi connectivity index (χ1) is 11.7. The first kappa shape index (κ1) is 15.6. The zero-order valence-electron chi connectivity index (χ0n) is 12.8. The maximum Gasteiger partial charge on any atom is 0.192 e. The molecule has 0 spiro atoms. The lowest BCUT2D eigenvalue weighted by Crippen LogP contribution is -2.10. The highest BCUT2D eigenvalue weighted by molar-refractivity contribution is 6.10. The van der Waals surface area contributed by atoms with Gasteiger partial charge in [0, 0.05) is 29.1 Å². The van der Waals surface area contributed by atoms with Crippen LogP contribution in [0.2, 0.25) is 0 Å². The number of aromatic nitrogens is 1. The minimum Gasteiger partial charge on any atom is -0.384 e. The highest BCUT2D eigenvalue weighted by atomic mass is 16.3. The van der Waals surface area contributed by atoms with Gasteiger partial charge in [-0.3, -0.25) is 9.78 Å². The number of benzene rings is 2. The Hall–Kier alpha value is -3.29. The lowest BCUT2D eigenvalue weighted by Gasteiger charge is -2.15. The predicted molar refractivity (Wildman–Crippen MR) is 90.9 cm³/mol. The van der Waals surface area contributed by atoms with Crippen molar-refractivity contribution in [2.45, 2.75) is 6.10 Å². The summed E-state index contributed by atoms with van der Waals surface area (Å²) in [7, 11) is 0. The maximum atomic E-state index is 12.8. The van der Waals surface area contributed by atoms with Crippen molar-refractivity contribution in [1.82, 2.24) is 4.98 Å². The van der Waals surface area contributed by atoms with Crippen LogP contribution in [0.15, 0.2) is 73.1 Å². The van der Waals surface area contributed by atoms with Crippen molar-refractivity contribution in [3.8, 4) is 0 Å². The number of pyridine rings is 1. The van der Waals surface area contributed by atoms with E-state index in [4.69, 9.17) is 6.57 Å². The summed E-state index contributed by atoms with van der Waals surface area (Å²) < 4.78 is 0. The number of rotatable bonds is 4. The fourth-order valence-corrected chi connectivity index (χ4v) is 2.52. The van der Waals surface area contributed by atoms with Gasteiger partial charge in [0.2, 0.25) is 0 Å². The second-order valence-corrected chi connectivity index (χ2v) is 5.27. The topological polar surface area (TPSA) is 54.5 Å². The van der Waals surface area contributed by atoms with Gasteiger partial charge in [-0.1, -0.05) is 48.5 Å². The van der Waals surface area contributed by atoms with E-state index in [2.05, 4.69) is 9.83 Å². The van der Waals surface area contributed by atoms with Gasteiger partial charge in [0.1, 0.15) is 6.10 Å². The molecule has 0 aliphatic heterocycles. The molecule has 24 heavy (non-hydrogen) atoms. The van der Waals surface area contributed by atoms with Crippen LogP contribution < -0.4 is 0 Å². The molecule has 1 heterocycles. The van der Waals surface area contributed by atoms with Crippen LogP contribution in [0.5, 0.6) is 0 Å². The van der Waals surface area contributed by atoms with Gasteiger partial charge in [-0.05, 0) is 17.7 Å². The molecule has 1 aromatic heterocycles. The minimum atomic E-state index is -0.942. The summed E-state index contributed by atoms with van der Waals surface area (Å²) in [6, 6.07) is 17.2. The lowest BCUT2D eigenvalue weighted by atomic mass is 9.94. The molecule has 116 valence electrons. The third-order valence-electron chi connectivity index (χ3n) is 3.74. The Kier molecular flexibility index (Phi) is 4.46. The van der Waals surface area contributed by atoms with E-state index in [1.807, 2.05) is 18.2 Å². The second-order valence-electron chi connectivity index (χ2n) is 5.27. The standard InChI is InChI=1S/C20H14N2O2/c1-21-16-9-5-8-15(12-16)20(24)17-10-11-22-13-18(17)19(23)14-6-3-2-4-7-14/h2-13,19,23H. The number of nitrogens with zero attached hydrogens (tertiary/aromatic N) is 2. The third-order valence-corrected chi connectivity index (χ3v) is 3.74. The molecule has 3 rings (SSSR count). The average Bonchev–Trinajstić information content (AvgIpc) is 2.67. The molecule has 3 aromatic rings.